The molecule has 0 fully saturated rings. The molecule has 118 valence electrons. The maximum atomic E-state index is 10.9. The number of nitrogens with zero attached hydrogens (tertiary/aromatic N) is 3. The fourth-order valence-corrected chi connectivity index (χ4v) is 2.44. The second-order valence-corrected chi connectivity index (χ2v) is 6.64. The molecule has 0 aliphatic heterocycles. The van der Waals surface area contributed by atoms with Gasteiger partial charge in [-0.25, -0.2) is 0 Å². The summed E-state index contributed by atoms with van der Waals surface area (Å²) in [6.07, 6.45) is 12.7. The van der Waals surface area contributed by atoms with E-state index in [0.717, 1.165) is 6.54 Å². The predicted molar refractivity (Wildman–Crippen MR) is 86.3 cm³/mol. The second-order valence-electron chi connectivity index (χ2n) is 6.64. The highest BCUT2D eigenvalue weighted by Crippen LogP contribution is 2.32. The van der Waals surface area contributed by atoms with Crippen molar-refractivity contribution in [2.75, 3.05) is 6.54 Å². The SMILES string of the molecule is C=CC1C=CC=CC1(NCC(C)(C)C)n1cnc([N+](=O)[O-])c1. The van der Waals surface area contributed by atoms with Gasteiger partial charge >= 0.3 is 5.82 Å². The van der Waals surface area contributed by atoms with Crippen molar-refractivity contribution in [2.45, 2.75) is 26.4 Å². The Morgan fingerprint density at radius 1 is 1.55 bits per heavy atom. The minimum absolute atomic E-state index is 0.0337. The molecule has 1 aromatic rings. The molecule has 1 N–H and O–H groups in total. The van der Waals surface area contributed by atoms with Gasteiger partial charge in [0.15, 0.2) is 0 Å². The van der Waals surface area contributed by atoms with Crippen LogP contribution in [0.3, 0.4) is 0 Å². The Kier molecular flexibility index (Phi) is 4.32. The summed E-state index contributed by atoms with van der Waals surface area (Å²) in [7, 11) is 0. The van der Waals surface area contributed by atoms with E-state index in [1.54, 1.807) is 4.57 Å². The molecule has 2 rings (SSSR count). The Morgan fingerprint density at radius 2 is 2.27 bits per heavy atom. The van der Waals surface area contributed by atoms with Crippen LogP contribution in [0, 0.1) is 21.4 Å². The van der Waals surface area contributed by atoms with Crippen molar-refractivity contribution >= 4 is 5.82 Å². The number of hydrogen-bond donors (Lipinski definition) is 1. The van der Waals surface area contributed by atoms with E-state index in [9.17, 15) is 10.1 Å². The molecular formula is C16H22N4O2. The molecule has 0 radical (unpaired) electrons. The zero-order chi connectivity index (χ0) is 16.4. The second kappa shape index (κ2) is 5.88. The third-order valence-corrected chi connectivity index (χ3v) is 3.63. The fraction of sp³-hybridized carbons (Fsp3) is 0.438. The number of rotatable bonds is 5. The Balaban J connectivity index is 2.44. The average Bonchev–Trinajstić information content (AvgIpc) is 2.95. The van der Waals surface area contributed by atoms with Crippen LogP contribution in [0.2, 0.25) is 0 Å². The van der Waals surface area contributed by atoms with Gasteiger partial charge in [0.2, 0.25) is 6.33 Å². The van der Waals surface area contributed by atoms with E-state index in [4.69, 9.17) is 0 Å². The first-order chi connectivity index (χ1) is 10.3. The minimum atomic E-state index is -0.634. The molecule has 1 aromatic heterocycles. The summed E-state index contributed by atoms with van der Waals surface area (Å²) in [6.45, 7) is 11.0. The molecule has 0 spiro atoms. The number of imidazole rings is 1. The van der Waals surface area contributed by atoms with Gasteiger partial charge in [-0.2, -0.15) is 0 Å². The molecule has 0 amide bonds. The Morgan fingerprint density at radius 3 is 2.82 bits per heavy atom. The van der Waals surface area contributed by atoms with Crippen molar-refractivity contribution < 1.29 is 4.92 Å². The lowest BCUT2D eigenvalue weighted by Gasteiger charge is -2.40. The summed E-state index contributed by atoms with van der Waals surface area (Å²) in [6, 6.07) is 0. The lowest BCUT2D eigenvalue weighted by Crippen LogP contribution is -2.53. The van der Waals surface area contributed by atoms with Gasteiger partial charge in [0.05, 0.1) is 0 Å². The third-order valence-electron chi connectivity index (χ3n) is 3.63. The van der Waals surface area contributed by atoms with Crippen LogP contribution in [0.25, 0.3) is 0 Å². The Hall–Kier alpha value is -2.21. The number of nitro groups is 1. The summed E-state index contributed by atoms with van der Waals surface area (Å²) in [4.78, 5) is 14.3. The van der Waals surface area contributed by atoms with Crippen molar-refractivity contribution in [1.29, 1.82) is 0 Å². The van der Waals surface area contributed by atoms with Crippen molar-refractivity contribution in [2.24, 2.45) is 11.3 Å². The largest absolute Gasteiger partial charge is 0.381 e. The van der Waals surface area contributed by atoms with Gasteiger partial charge in [0, 0.05) is 12.5 Å². The standard InChI is InChI=1S/C16H22N4O2/c1-5-13-8-6-7-9-16(13,18-11-15(2,3)4)19-10-14(17-12-19)20(21)22/h5-10,12-13,18H,1,11H2,2-4H3. The molecule has 0 saturated heterocycles. The van der Waals surface area contributed by atoms with E-state index in [1.165, 1.54) is 12.5 Å². The number of allylic oxidation sites excluding steroid dienone is 2. The number of aromatic nitrogens is 2. The van der Waals surface area contributed by atoms with E-state index in [-0.39, 0.29) is 17.2 Å². The van der Waals surface area contributed by atoms with Crippen LogP contribution in [0.1, 0.15) is 20.8 Å². The van der Waals surface area contributed by atoms with Crippen molar-refractivity contribution in [1.82, 2.24) is 14.9 Å². The van der Waals surface area contributed by atoms with Crippen LogP contribution in [-0.2, 0) is 5.66 Å². The maximum absolute atomic E-state index is 10.9. The van der Waals surface area contributed by atoms with Crippen molar-refractivity contribution in [3.63, 3.8) is 0 Å². The van der Waals surface area contributed by atoms with E-state index in [1.807, 2.05) is 30.4 Å². The van der Waals surface area contributed by atoms with Crippen LogP contribution < -0.4 is 5.32 Å². The van der Waals surface area contributed by atoms with Crippen LogP contribution in [-0.4, -0.2) is 21.0 Å². The maximum Gasteiger partial charge on any atom is 0.381 e. The molecule has 1 heterocycles. The van der Waals surface area contributed by atoms with E-state index in [2.05, 4.69) is 37.7 Å². The normalized spacial score (nSPS) is 24.4. The summed E-state index contributed by atoms with van der Waals surface area (Å²) in [5.41, 5.74) is -0.564. The summed E-state index contributed by atoms with van der Waals surface area (Å²) in [5, 5.41) is 14.5. The lowest BCUT2D eigenvalue weighted by molar-refractivity contribution is -0.389. The average molecular weight is 302 g/mol. The van der Waals surface area contributed by atoms with E-state index >= 15 is 0 Å². The molecule has 0 bridgehead atoms. The first-order valence-corrected chi connectivity index (χ1v) is 7.21. The van der Waals surface area contributed by atoms with Gasteiger partial charge in [-0.1, -0.05) is 45.1 Å². The molecule has 0 aromatic carbocycles. The Labute approximate surface area is 130 Å². The number of nitrogens with one attached hydrogen (secondary N) is 1. The monoisotopic (exact) mass is 302 g/mol. The summed E-state index contributed by atoms with van der Waals surface area (Å²) < 4.78 is 1.75. The fourth-order valence-electron chi connectivity index (χ4n) is 2.44. The molecule has 6 nitrogen and oxygen atoms in total. The van der Waals surface area contributed by atoms with Gasteiger partial charge in [0.25, 0.3) is 0 Å². The zero-order valence-electron chi connectivity index (χ0n) is 13.2. The lowest BCUT2D eigenvalue weighted by atomic mass is 9.86. The molecule has 22 heavy (non-hydrogen) atoms. The van der Waals surface area contributed by atoms with Crippen molar-refractivity contribution in [3.8, 4) is 0 Å². The highest BCUT2D eigenvalue weighted by Gasteiger charge is 2.38. The highest BCUT2D eigenvalue weighted by molar-refractivity contribution is 5.28. The minimum Gasteiger partial charge on any atom is -0.358 e. The summed E-state index contributed by atoms with van der Waals surface area (Å²) in [5.74, 6) is -0.198. The van der Waals surface area contributed by atoms with Gasteiger partial charge in [-0.05, 0) is 21.4 Å². The highest BCUT2D eigenvalue weighted by atomic mass is 16.6. The summed E-state index contributed by atoms with van der Waals surface area (Å²) >= 11 is 0. The molecule has 2 unspecified atom stereocenters. The van der Waals surface area contributed by atoms with Crippen molar-refractivity contribution in [3.05, 3.63) is 59.6 Å². The van der Waals surface area contributed by atoms with Crippen LogP contribution in [0.15, 0.2) is 49.5 Å². The first kappa shape index (κ1) is 16.2. The van der Waals surface area contributed by atoms with Gasteiger partial charge in [0.1, 0.15) is 11.9 Å². The Bertz CT molecular complexity index is 624. The molecule has 2 atom stereocenters. The van der Waals surface area contributed by atoms with Crippen LogP contribution in [0.4, 0.5) is 5.82 Å². The first-order valence-electron chi connectivity index (χ1n) is 7.21. The topological polar surface area (TPSA) is 73.0 Å². The molecule has 1 aliphatic rings. The van der Waals surface area contributed by atoms with Gasteiger partial charge < -0.3 is 10.1 Å². The smallest absolute Gasteiger partial charge is 0.358 e. The van der Waals surface area contributed by atoms with E-state index in [0.29, 0.717) is 0 Å². The van der Waals surface area contributed by atoms with Crippen LogP contribution in [0.5, 0.6) is 0 Å². The third kappa shape index (κ3) is 3.17. The molecule has 0 saturated carbocycles. The zero-order valence-corrected chi connectivity index (χ0v) is 13.2. The molecule has 6 heteroatoms. The molecule has 1 aliphatic carbocycles. The van der Waals surface area contributed by atoms with E-state index < -0.39 is 10.6 Å². The number of hydrogen-bond acceptors (Lipinski definition) is 4. The molecular weight excluding hydrogens is 280 g/mol. The van der Waals surface area contributed by atoms with Crippen LogP contribution >= 0.6 is 0 Å². The van der Waals surface area contributed by atoms with Gasteiger partial charge in [-0.15, -0.1) is 6.58 Å². The quantitative estimate of drug-likeness (QED) is 0.515. The van der Waals surface area contributed by atoms with Gasteiger partial charge in [-0.3, -0.25) is 9.88 Å². The predicted octanol–water partition coefficient (Wildman–Crippen LogP) is 3.01.